The number of hydrogen-bond acceptors (Lipinski definition) is 4. The smallest absolute Gasteiger partial charge is 0.408 e. The van der Waals surface area contributed by atoms with Gasteiger partial charge in [0.15, 0.2) is 5.78 Å². The lowest BCUT2D eigenvalue weighted by molar-refractivity contribution is -0.119. The molecule has 0 fully saturated rings. The third-order valence-corrected chi connectivity index (χ3v) is 1.42. The van der Waals surface area contributed by atoms with Crippen molar-refractivity contribution in [3.63, 3.8) is 0 Å². The Kier molecular flexibility index (Phi) is 4.56. The molecule has 0 bridgehead atoms. The number of alkyl carbamates (subject to hydrolysis) is 1. The summed E-state index contributed by atoms with van der Waals surface area (Å²) in [6, 6.07) is -0.602. The number of Topliss-reactive ketones (excluding diaryl/α,β-unsaturated/α-hetero) is 1. The van der Waals surface area contributed by atoms with Crippen molar-refractivity contribution < 1.29 is 14.3 Å². The number of nitrogens with two attached hydrogens (primary N) is 1. The van der Waals surface area contributed by atoms with Crippen LogP contribution in [0.1, 0.15) is 27.7 Å². The Hall–Kier alpha value is -1.10. The predicted molar refractivity (Wildman–Crippen MR) is 52.9 cm³/mol. The van der Waals surface area contributed by atoms with Crippen molar-refractivity contribution in [1.82, 2.24) is 5.32 Å². The first-order valence-electron chi connectivity index (χ1n) is 4.48. The lowest BCUT2D eigenvalue weighted by Gasteiger charge is -2.21. The van der Waals surface area contributed by atoms with E-state index in [-0.39, 0.29) is 12.3 Å². The fourth-order valence-electron chi connectivity index (χ4n) is 0.742. The average molecular weight is 202 g/mol. The van der Waals surface area contributed by atoms with E-state index < -0.39 is 17.7 Å². The molecule has 0 aromatic carbocycles. The summed E-state index contributed by atoms with van der Waals surface area (Å²) in [5.41, 5.74) is 4.57. The van der Waals surface area contributed by atoms with Crippen molar-refractivity contribution >= 4 is 11.9 Å². The zero-order valence-electron chi connectivity index (χ0n) is 9.09. The van der Waals surface area contributed by atoms with Crippen molar-refractivity contribution in [2.45, 2.75) is 39.3 Å². The highest BCUT2D eigenvalue weighted by molar-refractivity contribution is 5.88. The van der Waals surface area contributed by atoms with Gasteiger partial charge < -0.3 is 15.8 Å². The van der Waals surface area contributed by atoms with Gasteiger partial charge in [-0.2, -0.15) is 0 Å². The number of carbonyl (C=O) groups is 2. The van der Waals surface area contributed by atoms with Gasteiger partial charge in [0.1, 0.15) is 5.60 Å². The Balaban J connectivity index is 4.01. The van der Waals surface area contributed by atoms with Crippen LogP contribution >= 0.6 is 0 Å². The third kappa shape index (κ3) is 5.53. The minimum atomic E-state index is -0.605. The van der Waals surface area contributed by atoms with Crippen LogP contribution in [-0.4, -0.2) is 30.1 Å². The summed E-state index contributed by atoms with van der Waals surface area (Å²) in [6.07, 6.45) is -0.605. The summed E-state index contributed by atoms with van der Waals surface area (Å²) in [4.78, 5) is 22.2. The lowest BCUT2D eigenvalue weighted by atomic mass is 10.2. The maximum Gasteiger partial charge on any atom is 0.408 e. The second-order valence-electron chi connectivity index (χ2n) is 4.04. The summed E-state index contributed by atoms with van der Waals surface area (Å²) < 4.78 is 4.96. The molecular formula is C9H18N2O3. The molecule has 5 heteroatoms. The van der Waals surface area contributed by atoms with Gasteiger partial charge in [-0.3, -0.25) is 4.79 Å². The van der Waals surface area contributed by atoms with Crippen LogP contribution in [0.2, 0.25) is 0 Å². The predicted octanol–water partition coefficient (Wildman–Crippen LogP) is 0.427. The second-order valence-corrected chi connectivity index (χ2v) is 4.04. The number of carbonyl (C=O) groups excluding carboxylic acids is 2. The second kappa shape index (κ2) is 4.95. The van der Waals surface area contributed by atoms with Gasteiger partial charge in [0.25, 0.3) is 0 Å². The van der Waals surface area contributed by atoms with E-state index in [0.717, 1.165) is 0 Å². The van der Waals surface area contributed by atoms with Crippen LogP contribution in [0.4, 0.5) is 4.79 Å². The molecule has 0 aliphatic carbocycles. The van der Waals surface area contributed by atoms with E-state index in [0.29, 0.717) is 0 Å². The maximum atomic E-state index is 11.2. The molecule has 0 spiro atoms. The molecule has 0 aliphatic heterocycles. The Morgan fingerprint density at radius 2 is 1.93 bits per heavy atom. The Labute approximate surface area is 84.0 Å². The van der Waals surface area contributed by atoms with Crippen molar-refractivity contribution in [3.05, 3.63) is 0 Å². The Bertz CT molecular complexity index is 221. The zero-order valence-corrected chi connectivity index (χ0v) is 9.09. The SMILES string of the molecule is C[C@H](NC(=O)OC(C)(C)C)C(=O)CN. The molecule has 14 heavy (non-hydrogen) atoms. The van der Waals surface area contributed by atoms with Crippen molar-refractivity contribution in [1.29, 1.82) is 0 Å². The van der Waals surface area contributed by atoms with E-state index in [1.54, 1.807) is 27.7 Å². The number of ether oxygens (including phenoxy) is 1. The number of amides is 1. The molecule has 0 unspecified atom stereocenters. The highest BCUT2D eigenvalue weighted by Crippen LogP contribution is 2.06. The minimum absolute atomic E-state index is 0.0863. The van der Waals surface area contributed by atoms with Gasteiger partial charge in [-0.15, -0.1) is 0 Å². The number of ketones is 1. The van der Waals surface area contributed by atoms with Gasteiger partial charge in [0.2, 0.25) is 0 Å². The minimum Gasteiger partial charge on any atom is -0.444 e. The largest absolute Gasteiger partial charge is 0.444 e. The number of nitrogens with one attached hydrogen (secondary N) is 1. The van der Waals surface area contributed by atoms with E-state index in [9.17, 15) is 9.59 Å². The van der Waals surface area contributed by atoms with Crippen LogP contribution in [0.5, 0.6) is 0 Å². The molecule has 82 valence electrons. The zero-order chi connectivity index (χ0) is 11.4. The van der Waals surface area contributed by atoms with Gasteiger partial charge in [-0.1, -0.05) is 0 Å². The van der Waals surface area contributed by atoms with Gasteiger partial charge in [0, 0.05) is 0 Å². The summed E-state index contributed by atoms with van der Waals surface area (Å²) in [6.45, 7) is 6.74. The van der Waals surface area contributed by atoms with E-state index in [4.69, 9.17) is 10.5 Å². The molecule has 1 amide bonds. The first-order chi connectivity index (χ1) is 6.26. The molecule has 0 heterocycles. The number of hydrogen-bond donors (Lipinski definition) is 2. The van der Waals surface area contributed by atoms with Gasteiger partial charge in [-0.05, 0) is 27.7 Å². The van der Waals surface area contributed by atoms with Crippen LogP contribution < -0.4 is 11.1 Å². The molecule has 0 saturated heterocycles. The molecule has 0 aliphatic rings. The molecule has 3 N–H and O–H groups in total. The Morgan fingerprint density at radius 3 is 2.29 bits per heavy atom. The molecule has 0 aromatic heterocycles. The first kappa shape index (κ1) is 12.9. The summed E-state index contributed by atoms with van der Waals surface area (Å²) in [7, 11) is 0. The summed E-state index contributed by atoms with van der Waals surface area (Å²) >= 11 is 0. The van der Waals surface area contributed by atoms with E-state index in [1.807, 2.05) is 0 Å². The summed E-state index contributed by atoms with van der Waals surface area (Å²) in [5.74, 6) is -0.226. The molecular weight excluding hydrogens is 184 g/mol. The quantitative estimate of drug-likeness (QED) is 0.695. The van der Waals surface area contributed by atoms with E-state index in [1.165, 1.54) is 0 Å². The highest BCUT2D eigenvalue weighted by atomic mass is 16.6. The third-order valence-electron chi connectivity index (χ3n) is 1.42. The number of rotatable bonds is 3. The Morgan fingerprint density at radius 1 is 1.43 bits per heavy atom. The van der Waals surface area contributed by atoms with E-state index in [2.05, 4.69) is 5.32 Å². The normalized spacial score (nSPS) is 13.2. The fourth-order valence-corrected chi connectivity index (χ4v) is 0.742. The van der Waals surface area contributed by atoms with Gasteiger partial charge >= 0.3 is 6.09 Å². The van der Waals surface area contributed by atoms with Crippen molar-refractivity contribution in [3.8, 4) is 0 Å². The monoisotopic (exact) mass is 202 g/mol. The topological polar surface area (TPSA) is 81.4 Å². The molecule has 0 radical (unpaired) electrons. The van der Waals surface area contributed by atoms with Gasteiger partial charge in [0.05, 0.1) is 12.6 Å². The molecule has 1 atom stereocenters. The molecule has 0 aromatic rings. The van der Waals surface area contributed by atoms with Crippen LogP contribution in [0.3, 0.4) is 0 Å². The summed E-state index contributed by atoms with van der Waals surface area (Å²) in [5, 5.41) is 2.40. The van der Waals surface area contributed by atoms with E-state index >= 15 is 0 Å². The average Bonchev–Trinajstić information content (AvgIpc) is 1.99. The van der Waals surface area contributed by atoms with Crippen molar-refractivity contribution in [2.75, 3.05) is 6.54 Å². The highest BCUT2D eigenvalue weighted by Gasteiger charge is 2.19. The fraction of sp³-hybridized carbons (Fsp3) is 0.778. The van der Waals surface area contributed by atoms with Crippen LogP contribution in [0, 0.1) is 0 Å². The van der Waals surface area contributed by atoms with Crippen molar-refractivity contribution in [2.24, 2.45) is 5.73 Å². The van der Waals surface area contributed by atoms with Crippen LogP contribution in [0.15, 0.2) is 0 Å². The molecule has 0 saturated carbocycles. The van der Waals surface area contributed by atoms with Crippen LogP contribution in [0.25, 0.3) is 0 Å². The van der Waals surface area contributed by atoms with Gasteiger partial charge in [-0.25, -0.2) is 4.79 Å². The first-order valence-corrected chi connectivity index (χ1v) is 4.48. The van der Waals surface area contributed by atoms with Crippen LogP contribution in [-0.2, 0) is 9.53 Å². The molecule has 0 rings (SSSR count). The maximum absolute atomic E-state index is 11.2. The lowest BCUT2D eigenvalue weighted by Crippen LogP contribution is -2.43. The molecule has 5 nitrogen and oxygen atoms in total. The standard InChI is InChI=1S/C9H18N2O3/c1-6(7(12)5-10)11-8(13)14-9(2,3)4/h6H,5,10H2,1-4H3,(H,11,13)/t6-/m0/s1.